The lowest BCUT2D eigenvalue weighted by Gasteiger charge is -2.50. The van der Waals surface area contributed by atoms with E-state index in [0.717, 1.165) is 19.3 Å². The Balaban J connectivity index is 1.47. The van der Waals surface area contributed by atoms with E-state index in [-0.39, 0.29) is 40.8 Å². The van der Waals surface area contributed by atoms with Crippen molar-refractivity contribution in [1.29, 1.82) is 0 Å². The van der Waals surface area contributed by atoms with Crippen LogP contribution in [0.25, 0.3) is 0 Å². The van der Waals surface area contributed by atoms with E-state index >= 15 is 0 Å². The smallest absolute Gasteiger partial charge is 0.310 e. The molecular weight excluding hydrogens is 350 g/mol. The first-order chi connectivity index (χ1) is 12.1. The summed E-state index contributed by atoms with van der Waals surface area (Å²) in [7, 11) is -2.96. The highest BCUT2D eigenvalue weighted by molar-refractivity contribution is 7.91. The van der Waals surface area contributed by atoms with Gasteiger partial charge in [0.2, 0.25) is 0 Å². The fourth-order valence-corrected chi connectivity index (χ4v) is 8.12. The molecule has 0 aromatic rings. The van der Waals surface area contributed by atoms with Crippen molar-refractivity contribution in [2.24, 2.45) is 23.2 Å². The van der Waals surface area contributed by atoms with Crippen LogP contribution in [0, 0.1) is 23.2 Å². The van der Waals surface area contributed by atoms with Gasteiger partial charge in [0.1, 0.15) is 6.10 Å². The number of ether oxygens (including phenoxy) is 1. The number of carbonyl (C=O) groups is 1. The van der Waals surface area contributed by atoms with Gasteiger partial charge in [-0.05, 0) is 56.8 Å². The molecule has 4 rings (SSSR count). The van der Waals surface area contributed by atoms with Crippen molar-refractivity contribution in [3.05, 3.63) is 12.2 Å². The molecule has 2 saturated heterocycles. The van der Waals surface area contributed by atoms with Crippen LogP contribution >= 0.6 is 0 Å². The molecule has 2 saturated carbocycles. The van der Waals surface area contributed by atoms with E-state index in [4.69, 9.17) is 4.74 Å². The number of nitrogens with one attached hydrogen (secondary N) is 1. The van der Waals surface area contributed by atoms with Crippen LogP contribution in [-0.4, -0.2) is 44.1 Å². The quantitative estimate of drug-likeness (QED) is 0.601. The molecule has 1 N–H and O–H groups in total. The molecule has 4 fully saturated rings. The van der Waals surface area contributed by atoms with Gasteiger partial charge in [-0.1, -0.05) is 19.1 Å². The molecule has 5 nitrogen and oxygen atoms in total. The summed E-state index contributed by atoms with van der Waals surface area (Å²) in [5.74, 6) is 0.830. The van der Waals surface area contributed by atoms with Crippen LogP contribution in [0.5, 0.6) is 0 Å². The number of fused-ring (bicyclic) bond motifs is 2. The number of esters is 1. The average Bonchev–Trinajstić information content (AvgIpc) is 2.98. The van der Waals surface area contributed by atoms with Crippen LogP contribution in [0.2, 0.25) is 0 Å². The minimum absolute atomic E-state index is 0.0153. The van der Waals surface area contributed by atoms with Crippen molar-refractivity contribution < 1.29 is 17.9 Å². The normalized spacial score (nSPS) is 47.3. The largest absolute Gasteiger partial charge is 0.462 e. The first kappa shape index (κ1) is 18.5. The van der Waals surface area contributed by atoms with E-state index in [1.54, 1.807) is 0 Å². The summed E-state index contributed by atoms with van der Waals surface area (Å²) >= 11 is 0. The van der Waals surface area contributed by atoms with Crippen molar-refractivity contribution in [3.8, 4) is 0 Å². The maximum absolute atomic E-state index is 12.6. The van der Waals surface area contributed by atoms with Crippen LogP contribution in [-0.2, 0) is 19.4 Å². The Morgan fingerprint density at radius 3 is 2.77 bits per heavy atom. The molecule has 4 aliphatic rings. The van der Waals surface area contributed by atoms with E-state index < -0.39 is 15.4 Å². The number of hydrogen-bond acceptors (Lipinski definition) is 5. The minimum atomic E-state index is -2.96. The zero-order valence-corrected chi connectivity index (χ0v) is 16.7. The molecule has 6 heteroatoms. The van der Waals surface area contributed by atoms with Crippen molar-refractivity contribution in [2.45, 2.75) is 64.0 Å². The molecule has 0 spiro atoms. The predicted molar refractivity (Wildman–Crippen MR) is 100 cm³/mol. The van der Waals surface area contributed by atoms with E-state index in [1.807, 2.05) is 6.92 Å². The van der Waals surface area contributed by atoms with Crippen LogP contribution in [0.4, 0.5) is 0 Å². The predicted octanol–water partition coefficient (Wildman–Crippen LogP) is 2.47. The van der Waals surface area contributed by atoms with Gasteiger partial charge in [-0.2, -0.15) is 0 Å². The molecule has 6 atom stereocenters. The van der Waals surface area contributed by atoms with E-state index in [2.05, 4.69) is 18.8 Å². The Labute approximate surface area is 156 Å². The Hall–Kier alpha value is -0.880. The highest BCUT2D eigenvalue weighted by atomic mass is 32.2. The fourth-order valence-electron chi connectivity index (χ4n) is 6.00. The number of rotatable bonds is 3. The third-order valence-corrected chi connectivity index (χ3v) is 9.48. The second-order valence-corrected chi connectivity index (χ2v) is 11.9. The van der Waals surface area contributed by atoms with E-state index in [1.165, 1.54) is 18.4 Å². The summed E-state index contributed by atoms with van der Waals surface area (Å²) in [6, 6.07) is 0. The molecule has 146 valence electrons. The highest BCUT2D eigenvalue weighted by Crippen LogP contribution is 2.56. The molecule has 0 radical (unpaired) electrons. The van der Waals surface area contributed by atoms with Crippen LogP contribution in [0.15, 0.2) is 12.2 Å². The lowest BCUT2D eigenvalue weighted by molar-refractivity contribution is -0.146. The summed E-state index contributed by atoms with van der Waals surface area (Å²) in [5, 5.41) is 3.41. The Morgan fingerprint density at radius 2 is 2.08 bits per heavy atom. The van der Waals surface area contributed by atoms with Gasteiger partial charge >= 0.3 is 5.97 Å². The zero-order valence-electron chi connectivity index (χ0n) is 15.9. The maximum atomic E-state index is 12.6. The molecule has 0 aromatic heterocycles. The van der Waals surface area contributed by atoms with Gasteiger partial charge in [0.15, 0.2) is 9.84 Å². The Kier molecular flexibility index (Phi) is 4.31. The molecule has 26 heavy (non-hydrogen) atoms. The van der Waals surface area contributed by atoms with Gasteiger partial charge in [-0.15, -0.1) is 0 Å². The summed E-state index contributed by atoms with van der Waals surface area (Å²) in [5.41, 5.74) is 1.14. The van der Waals surface area contributed by atoms with Gasteiger partial charge in [-0.3, -0.25) is 4.79 Å². The van der Waals surface area contributed by atoms with E-state index in [0.29, 0.717) is 18.9 Å². The van der Waals surface area contributed by atoms with Crippen LogP contribution < -0.4 is 5.32 Å². The topological polar surface area (TPSA) is 72.5 Å². The maximum Gasteiger partial charge on any atom is 0.310 e. The summed E-state index contributed by atoms with van der Waals surface area (Å²) in [4.78, 5) is 12.6. The van der Waals surface area contributed by atoms with Crippen LogP contribution in [0.3, 0.4) is 0 Å². The van der Waals surface area contributed by atoms with Crippen LogP contribution in [0.1, 0.15) is 52.4 Å². The zero-order chi connectivity index (χ0) is 18.7. The first-order valence-corrected chi connectivity index (χ1v) is 11.8. The SMILES string of the molecule is C=C1CCC[C@]2(C)C[C@@H]3OC(=O)[C@H](CN[C@]4(C)CCS(=O)(=O)C4)[C@H]3C[C@H]12. The van der Waals surface area contributed by atoms with Gasteiger partial charge in [0.05, 0.1) is 17.4 Å². The van der Waals surface area contributed by atoms with E-state index in [9.17, 15) is 13.2 Å². The lowest BCUT2D eigenvalue weighted by Crippen LogP contribution is -2.49. The molecule has 0 aromatic carbocycles. The second-order valence-electron chi connectivity index (χ2n) is 9.69. The van der Waals surface area contributed by atoms with Crippen molar-refractivity contribution in [2.75, 3.05) is 18.1 Å². The average molecular weight is 382 g/mol. The van der Waals surface area contributed by atoms with Crippen molar-refractivity contribution in [3.63, 3.8) is 0 Å². The Bertz CT molecular complexity index is 732. The van der Waals surface area contributed by atoms with Crippen molar-refractivity contribution >= 4 is 15.8 Å². The third-order valence-electron chi connectivity index (χ3n) is 7.57. The summed E-state index contributed by atoms with van der Waals surface area (Å²) in [6.07, 6.45) is 6.03. The van der Waals surface area contributed by atoms with Crippen molar-refractivity contribution in [1.82, 2.24) is 5.32 Å². The number of allylic oxidation sites excluding steroid dienone is 1. The molecule has 0 unspecified atom stereocenters. The number of carbonyl (C=O) groups excluding carboxylic acids is 1. The lowest BCUT2D eigenvalue weighted by atomic mass is 9.55. The number of sulfone groups is 1. The van der Waals surface area contributed by atoms with Gasteiger partial charge < -0.3 is 10.1 Å². The second kappa shape index (κ2) is 6.06. The summed E-state index contributed by atoms with van der Waals surface area (Å²) < 4.78 is 29.4. The molecular formula is C20H31NO4S. The highest BCUT2D eigenvalue weighted by Gasteiger charge is 2.55. The number of hydrogen-bond donors (Lipinski definition) is 1. The fraction of sp³-hybridized carbons (Fsp3) is 0.850. The monoisotopic (exact) mass is 381 g/mol. The molecule has 2 aliphatic heterocycles. The minimum Gasteiger partial charge on any atom is -0.462 e. The molecule has 2 aliphatic carbocycles. The van der Waals surface area contributed by atoms with Gasteiger partial charge in [0.25, 0.3) is 0 Å². The third kappa shape index (κ3) is 3.13. The Morgan fingerprint density at radius 1 is 1.31 bits per heavy atom. The van der Waals surface area contributed by atoms with Gasteiger partial charge in [0, 0.05) is 18.0 Å². The summed E-state index contributed by atoms with van der Waals surface area (Å²) in [6.45, 7) is 9.14. The molecule has 0 bridgehead atoms. The molecule has 2 heterocycles. The molecule has 0 amide bonds. The van der Waals surface area contributed by atoms with Gasteiger partial charge in [-0.25, -0.2) is 8.42 Å². The first-order valence-electron chi connectivity index (χ1n) is 9.95. The standard InChI is InChI=1S/C20H31NO4S/c1-13-5-4-6-19(2)10-17-14(9-16(13)19)15(18(22)25-17)11-21-20(3)7-8-26(23,24)12-20/h14-17,21H,1,4-12H2,2-3H3/t14-,15-,16-,17+,19-,20-/m1/s1.